The highest BCUT2D eigenvalue weighted by Gasteiger charge is 2.38. The lowest BCUT2D eigenvalue weighted by molar-refractivity contribution is 0.267. The van der Waals surface area contributed by atoms with Crippen LogP contribution in [0.1, 0.15) is 106 Å². The highest BCUT2D eigenvalue weighted by Crippen LogP contribution is 2.50. The maximum Gasteiger partial charge on any atom is -0.0323 e. The van der Waals surface area contributed by atoms with Crippen LogP contribution < -0.4 is 0 Å². The van der Waals surface area contributed by atoms with Gasteiger partial charge in [0.25, 0.3) is 0 Å². The molecule has 1 rings (SSSR count). The van der Waals surface area contributed by atoms with E-state index in [1.165, 1.54) is 57.8 Å². The van der Waals surface area contributed by atoms with Crippen LogP contribution in [0.2, 0.25) is 0 Å². The standard InChI is InChI=1S/C22H44/c1-8-9-17(2)12-18(3)13-19(4)14-20(5)15-21(6)16-22(7)10-11-22/h17-21H,8-16H2,1-7H3. The third-order valence-corrected chi connectivity index (χ3v) is 5.95. The summed E-state index contributed by atoms with van der Waals surface area (Å²) in [6.07, 6.45) is 12.9. The molecule has 22 heavy (non-hydrogen) atoms. The molecule has 0 radical (unpaired) electrons. The predicted octanol–water partition coefficient (Wildman–Crippen LogP) is 7.72. The summed E-state index contributed by atoms with van der Waals surface area (Å²) >= 11 is 0. The van der Waals surface area contributed by atoms with Gasteiger partial charge < -0.3 is 0 Å². The van der Waals surface area contributed by atoms with Crippen LogP contribution in [-0.4, -0.2) is 0 Å². The van der Waals surface area contributed by atoms with Crippen molar-refractivity contribution in [2.75, 3.05) is 0 Å². The Bertz CT molecular complexity index is 288. The van der Waals surface area contributed by atoms with Gasteiger partial charge in [0.05, 0.1) is 0 Å². The Kier molecular flexibility index (Phi) is 8.50. The smallest absolute Gasteiger partial charge is 0.0323 e. The minimum atomic E-state index is 0.731. The van der Waals surface area contributed by atoms with Crippen molar-refractivity contribution in [3.63, 3.8) is 0 Å². The van der Waals surface area contributed by atoms with Crippen LogP contribution >= 0.6 is 0 Å². The zero-order valence-corrected chi connectivity index (χ0v) is 16.8. The van der Waals surface area contributed by atoms with Crippen molar-refractivity contribution in [2.24, 2.45) is 35.0 Å². The first-order valence-electron chi connectivity index (χ1n) is 10.2. The third-order valence-electron chi connectivity index (χ3n) is 5.95. The SMILES string of the molecule is CCCC(C)CC(C)CC(C)CC(C)CC(C)CC1(C)CC1. The van der Waals surface area contributed by atoms with E-state index < -0.39 is 0 Å². The molecule has 0 aliphatic heterocycles. The van der Waals surface area contributed by atoms with Crippen LogP contribution in [0.15, 0.2) is 0 Å². The Morgan fingerprint density at radius 2 is 1.09 bits per heavy atom. The molecule has 0 heterocycles. The van der Waals surface area contributed by atoms with Gasteiger partial charge in [0, 0.05) is 0 Å². The van der Waals surface area contributed by atoms with Gasteiger partial charge in [-0.25, -0.2) is 0 Å². The molecule has 1 aliphatic carbocycles. The lowest BCUT2D eigenvalue weighted by Crippen LogP contribution is -2.13. The van der Waals surface area contributed by atoms with Crippen molar-refractivity contribution in [3.05, 3.63) is 0 Å². The minimum Gasteiger partial charge on any atom is -0.0654 e. The molecule has 0 N–H and O–H groups in total. The summed E-state index contributed by atoms with van der Waals surface area (Å²) in [5.74, 6) is 4.57. The molecule has 5 atom stereocenters. The summed E-state index contributed by atoms with van der Waals surface area (Å²) in [6, 6.07) is 0. The molecule has 5 unspecified atom stereocenters. The lowest BCUT2D eigenvalue weighted by Gasteiger charge is -2.25. The molecule has 0 aromatic carbocycles. The number of hydrogen-bond donors (Lipinski definition) is 0. The first-order chi connectivity index (χ1) is 10.2. The van der Waals surface area contributed by atoms with E-state index in [4.69, 9.17) is 0 Å². The maximum absolute atomic E-state index is 2.49. The molecular formula is C22H44. The summed E-state index contributed by atoms with van der Waals surface area (Å²) in [5.41, 5.74) is 0.731. The van der Waals surface area contributed by atoms with Crippen molar-refractivity contribution in [2.45, 2.75) is 106 Å². The van der Waals surface area contributed by atoms with E-state index in [1.54, 1.807) is 0 Å². The van der Waals surface area contributed by atoms with Crippen LogP contribution in [0.4, 0.5) is 0 Å². The van der Waals surface area contributed by atoms with Gasteiger partial charge in [-0.3, -0.25) is 0 Å². The van der Waals surface area contributed by atoms with E-state index in [1.807, 2.05) is 0 Å². The Morgan fingerprint density at radius 1 is 0.682 bits per heavy atom. The van der Waals surface area contributed by atoms with Crippen LogP contribution in [0.25, 0.3) is 0 Å². The van der Waals surface area contributed by atoms with E-state index >= 15 is 0 Å². The van der Waals surface area contributed by atoms with E-state index in [-0.39, 0.29) is 0 Å². The molecule has 0 heteroatoms. The van der Waals surface area contributed by atoms with Crippen molar-refractivity contribution in [3.8, 4) is 0 Å². The first-order valence-corrected chi connectivity index (χ1v) is 10.2. The van der Waals surface area contributed by atoms with Gasteiger partial charge in [0.2, 0.25) is 0 Å². The fourth-order valence-electron chi connectivity index (χ4n) is 4.99. The molecule has 0 bridgehead atoms. The van der Waals surface area contributed by atoms with Gasteiger partial charge in [0.15, 0.2) is 0 Å². The highest BCUT2D eigenvalue weighted by atomic mass is 14.4. The Balaban J connectivity index is 2.18. The highest BCUT2D eigenvalue weighted by molar-refractivity contribution is 4.89. The van der Waals surface area contributed by atoms with Crippen molar-refractivity contribution < 1.29 is 0 Å². The Labute approximate surface area is 141 Å². The molecular weight excluding hydrogens is 264 g/mol. The first kappa shape index (κ1) is 20.0. The van der Waals surface area contributed by atoms with Crippen LogP contribution in [0.3, 0.4) is 0 Å². The summed E-state index contributed by atoms with van der Waals surface area (Å²) in [5, 5.41) is 0. The quantitative estimate of drug-likeness (QED) is 0.346. The summed E-state index contributed by atoms with van der Waals surface area (Å²) < 4.78 is 0. The van der Waals surface area contributed by atoms with Gasteiger partial charge in [-0.15, -0.1) is 0 Å². The maximum atomic E-state index is 2.49. The summed E-state index contributed by atoms with van der Waals surface area (Å²) in [7, 11) is 0. The fourth-order valence-corrected chi connectivity index (χ4v) is 4.99. The molecule has 1 aliphatic rings. The number of rotatable bonds is 12. The second-order valence-corrected chi connectivity index (χ2v) is 9.77. The average molecular weight is 309 g/mol. The van der Waals surface area contributed by atoms with E-state index in [0.717, 1.165) is 35.0 Å². The van der Waals surface area contributed by atoms with Gasteiger partial charge in [-0.05, 0) is 80.0 Å². The van der Waals surface area contributed by atoms with Gasteiger partial charge in [0.1, 0.15) is 0 Å². The molecule has 0 aromatic heterocycles. The molecule has 1 fully saturated rings. The zero-order chi connectivity index (χ0) is 16.8. The normalized spacial score (nSPS) is 23.6. The number of hydrogen-bond acceptors (Lipinski definition) is 0. The van der Waals surface area contributed by atoms with E-state index in [9.17, 15) is 0 Å². The second kappa shape index (κ2) is 9.33. The average Bonchev–Trinajstić information content (AvgIpc) is 3.04. The van der Waals surface area contributed by atoms with Crippen LogP contribution in [0, 0.1) is 35.0 Å². The molecule has 0 nitrogen and oxygen atoms in total. The zero-order valence-electron chi connectivity index (χ0n) is 16.8. The predicted molar refractivity (Wildman–Crippen MR) is 101 cm³/mol. The summed E-state index contributed by atoms with van der Waals surface area (Å²) in [6.45, 7) is 17.2. The lowest BCUT2D eigenvalue weighted by atomic mass is 9.81. The van der Waals surface area contributed by atoms with Crippen LogP contribution in [0.5, 0.6) is 0 Å². The molecule has 0 amide bonds. The van der Waals surface area contributed by atoms with Crippen molar-refractivity contribution >= 4 is 0 Å². The summed E-state index contributed by atoms with van der Waals surface area (Å²) in [4.78, 5) is 0. The van der Waals surface area contributed by atoms with E-state index in [2.05, 4.69) is 48.5 Å². The van der Waals surface area contributed by atoms with Crippen molar-refractivity contribution in [1.82, 2.24) is 0 Å². The van der Waals surface area contributed by atoms with Gasteiger partial charge in [-0.1, -0.05) is 61.3 Å². The van der Waals surface area contributed by atoms with Crippen molar-refractivity contribution in [1.29, 1.82) is 0 Å². The van der Waals surface area contributed by atoms with Gasteiger partial charge in [-0.2, -0.15) is 0 Å². The molecule has 0 spiro atoms. The molecule has 0 saturated heterocycles. The second-order valence-electron chi connectivity index (χ2n) is 9.77. The largest absolute Gasteiger partial charge is 0.0654 e. The topological polar surface area (TPSA) is 0 Å². The monoisotopic (exact) mass is 308 g/mol. The van der Waals surface area contributed by atoms with E-state index in [0.29, 0.717) is 0 Å². The van der Waals surface area contributed by atoms with Gasteiger partial charge >= 0.3 is 0 Å². The third kappa shape index (κ3) is 8.59. The molecule has 1 saturated carbocycles. The molecule has 0 aromatic rings. The molecule has 132 valence electrons. The fraction of sp³-hybridized carbons (Fsp3) is 1.00. The Hall–Kier alpha value is 0. The Morgan fingerprint density at radius 3 is 1.50 bits per heavy atom. The minimum absolute atomic E-state index is 0.731. The van der Waals surface area contributed by atoms with Crippen LogP contribution in [-0.2, 0) is 0 Å².